The molecular formula is C27H44O3. The molecule has 0 radical (unpaired) electrons. The fraction of sp³-hybridized carbons (Fsp3) is 0.852. The van der Waals surface area contributed by atoms with E-state index in [0.717, 1.165) is 43.4 Å². The van der Waals surface area contributed by atoms with Gasteiger partial charge in [-0.05, 0) is 85.7 Å². The van der Waals surface area contributed by atoms with Gasteiger partial charge in [-0.1, -0.05) is 65.0 Å². The molecule has 0 aromatic rings. The average molecular weight is 417 g/mol. The summed E-state index contributed by atoms with van der Waals surface area (Å²) in [6, 6.07) is 0. The van der Waals surface area contributed by atoms with Crippen LogP contribution >= 0.6 is 0 Å². The lowest BCUT2D eigenvalue weighted by Gasteiger charge is -2.53. The highest BCUT2D eigenvalue weighted by Crippen LogP contribution is 2.65. The third kappa shape index (κ3) is 3.63. The molecule has 3 heteroatoms. The van der Waals surface area contributed by atoms with Crippen molar-refractivity contribution in [2.24, 2.45) is 34.5 Å². The molecule has 2 fully saturated rings. The second-order valence-corrected chi connectivity index (χ2v) is 11.9. The third-order valence-electron chi connectivity index (χ3n) is 9.76. The van der Waals surface area contributed by atoms with Gasteiger partial charge in [0.05, 0.1) is 6.10 Å². The van der Waals surface area contributed by atoms with E-state index in [1.807, 2.05) is 0 Å². The molecule has 2 saturated carbocycles. The third-order valence-corrected chi connectivity index (χ3v) is 9.76. The topological polar surface area (TPSA) is 49.7 Å². The smallest absolute Gasteiger partial charge is 0.133 e. The molecule has 170 valence electrons. The minimum Gasteiger partial charge on any atom is -0.393 e. The van der Waals surface area contributed by atoms with Gasteiger partial charge in [-0.15, -0.1) is 0 Å². The van der Waals surface area contributed by atoms with E-state index in [1.54, 1.807) is 5.57 Å². The maximum absolute atomic E-state index is 10.2. The maximum atomic E-state index is 10.2. The maximum Gasteiger partial charge on any atom is 0.133 e. The second-order valence-electron chi connectivity index (χ2n) is 11.9. The zero-order chi connectivity index (χ0) is 21.7. The number of aliphatic hydroxyl groups excluding tert-OH is 1. The average Bonchev–Trinajstić information content (AvgIpc) is 3.05. The number of allylic oxidation sites excluding steroid dienone is 1. The predicted molar refractivity (Wildman–Crippen MR) is 122 cm³/mol. The fourth-order valence-corrected chi connectivity index (χ4v) is 7.99. The highest BCUT2D eigenvalue weighted by atomic mass is 17.1. The van der Waals surface area contributed by atoms with Gasteiger partial charge in [0.25, 0.3) is 0 Å². The number of hydrogen-bond donors (Lipinski definition) is 2. The van der Waals surface area contributed by atoms with Gasteiger partial charge in [-0.25, -0.2) is 4.89 Å². The van der Waals surface area contributed by atoms with Gasteiger partial charge in [0.15, 0.2) is 0 Å². The number of fused-ring (bicyclic) bond motifs is 4. The van der Waals surface area contributed by atoms with E-state index < -0.39 is 0 Å². The molecule has 0 aromatic heterocycles. The Morgan fingerprint density at radius 1 is 1.10 bits per heavy atom. The molecule has 3 nitrogen and oxygen atoms in total. The van der Waals surface area contributed by atoms with Gasteiger partial charge < -0.3 is 5.11 Å². The van der Waals surface area contributed by atoms with Gasteiger partial charge in [0, 0.05) is 5.41 Å². The Morgan fingerprint density at radius 2 is 1.87 bits per heavy atom. The minimum atomic E-state index is -0.312. The van der Waals surface area contributed by atoms with Crippen molar-refractivity contribution in [2.45, 2.75) is 111 Å². The molecule has 4 aliphatic rings. The lowest BCUT2D eigenvalue weighted by Crippen LogP contribution is -2.45. The lowest BCUT2D eigenvalue weighted by atomic mass is 9.52. The first-order valence-electron chi connectivity index (χ1n) is 12.6. The van der Waals surface area contributed by atoms with Crippen molar-refractivity contribution in [1.82, 2.24) is 0 Å². The van der Waals surface area contributed by atoms with Gasteiger partial charge in [-0.3, -0.25) is 5.26 Å². The first kappa shape index (κ1) is 22.6. The quantitative estimate of drug-likeness (QED) is 0.281. The van der Waals surface area contributed by atoms with Crippen molar-refractivity contribution < 1.29 is 15.3 Å². The minimum absolute atomic E-state index is 0.0614. The lowest BCUT2D eigenvalue weighted by molar-refractivity contribution is -0.260. The standard InChI is InChI=1S/C27H44O3/c1-17(2)7-6-8-18(3)21-9-10-22-25-23(12-14-27(21,22)5)26(4)13-11-20(28)15-19(26)16-24(25)30-29/h16-18,20-22,24,28-29H,6-15H2,1-5H3/t18-,20+,21-,22+,24?,26+,27-/m1/s1. The Bertz CT molecular complexity index is 707. The van der Waals surface area contributed by atoms with E-state index in [2.05, 4.69) is 40.7 Å². The zero-order valence-electron chi connectivity index (χ0n) is 19.9. The summed E-state index contributed by atoms with van der Waals surface area (Å²) in [4.78, 5) is 5.11. The molecule has 2 N–H and O–H groups in total. The van der Waals surface area contributed by atoms with Gasteiger partial charge in [-0.2, -0.15) is 0 Å². The second kappa shape index (κ2) is 8.37. The molecule has 0 aromatic carbocycles. The molecular weight excluding hydrogens is 372 g/mol. The summed E-state index contributed by atoms with van der Waals surface area (Å²) >= 11 is 0. The summed E-state index contributed by atoms with van der Waals surface area (Å²) in [6.07, 6.45) is 13.2. The monoisotopic (exact) mass is 416 g/mol. The van der Waals surface area contributed by atoms with Crippen molar-refractivity contribution >= 4 is 0 Å². The van der Waals surface area contributed by atoms with Gasteiger partial charge in [0.1, 0.15) is 6.10 Å². The van der Waals surface area contributed by atoms with E-state index in [9.17, 15) is 10.4 Å². The molecule has 4 aliphatic carbocycles. The highest BCUT2D eigenvalue weighted by molar-refractivity contribution is 5.46. The summed E-state index contributed by atoms with van der Waals surface area (Å²) in [6.45, 7) is 12.1. The number of hydrogen-bond acceptors (Lipinski definition) is 3. The normalized spacial score (nSPS) is 41.9. The van der Waals surface area contributed by atoms with Crippen LogP contribution in [0.25, 0.3) is 0 Å². The summed E-state index contributed by atoms with van der Waals surface area (Å²) in [5, 5.41) is 20.1. The first-order valence-corrected chi connectivity index (χ1v) is 12.6. The van der Waals surface area contributed by atoms with Crippen LogP contribution in [-0.2, 0) is 4.89 Å². The summed E-state index contributed by atoms with van der Waals surface area (Å²) in [7, 11) is 0. The van der Waals surface area contributed by atoms with E-state index >= 15 is 0 Å². The van der Waals surface area contributed by atoms with Crippen LogP contribution in [0.4, 0.5) is 0 Å². The van der Waals surface area contributed by atoms with Crippen LogP contribution in [0.2, 0.25) is 0 Å². The van der Waals surface area contributed by atoms with Crippen molar-refractivity contribution in [3.63, 3.8) is 0 Å². The molecule has 0 heterocycles. The van der Waals surface area contributed by atoms with Crippen LogP contribution in [0.1, 0.15) is 98.8 Å². The molecule has 0 aliphatic heterocycles. The molecule has 0 amide bonds. The van der Waals surface area contributed by atoms with Crippen molar-refractivity contribution in [3.8, 4) is 0 Å². The Hall–Kier alpha value is -0.640. The van der Waals surface area contributed by atoms with Crippen LogP contribution in [0, 0.1) is 34.5 Å². The Morgan fingerprint density at radius 3 is 2.57 bits per heavy atom. The van der Waals surface area contributed by atoms with E-state index in [4.69, 9.17) is 4.89 Å². The zero-order valence-corrected chi connectivity index (χ0v) is 19.9. The summed E-state index contributed by atoms with van der Waals surface area (Å²) in [5.74, 6) is 2.86. The SMILES string of the molecule is CC(C)CCC[C@@H](C)[C@H]1CC[C@H]2C3=C(CC[C@]12C)[C@@]1(C)CC[C@H](O)CC1=CC3OO. The highest BCUT2D eigenvalue weighted by Gasteiger charge is 2.56. The molecule has 1 unspecified atom stereocenters. The van der Waals surface area contributed by atoms with E-state index in [0.29, 0.717) is 11.3 Å². The number of rotatable bonds is 6. The van der Waals surface area contributed by atoms with E-state index in [1.165, 1.54) is 49.7 Å². The Labute approximate surface area is 183 Å². The predicted octanol–water partition coefficient (Wildman–Crippen LogP) is 6.92. The Kier molecular flexibility index (Phi) is 6.29. The molecule has 7 atom stereocenters. The Balaban J connectivity index is 1.60. The van der Waals surface area contributed by atoms with Crippen molar-refractivity contribution in [2.75, 3.05) is 0 Å². The fourth-order valence-electron chi connectivity index (χ4n) is 7.99. The molecule has 0 saturated heterocycles. The van der Waals surface area contributed by atoms with E-state index in [-0.39, 0.29) is 17.6 Å². The first-order chi connectivity index (χ1) is 14.2. The molecule has 4 rings (SSSR count). The van der Waals surface area contributed by atoms with Crippen molar-refractivity contribution in [3.05, 3.63) is 22.8 Å². The van der Waals surface area contributed by atoms with Crippen LogP contribution in [0.3, 0.4) is 0 Å². The van der Waals surface area contributed by atoms with Gasteiger partial charge in [0.2, 0.25) is 0 Å². The largest absolute Gasteiger partial charge is 0.393 e. The molecule has 0 bridgehead atoms. The van der Waals surface area contributed by atoms with Crippen LogP contribution < -0.4 is 0 Å². The summed E-state index contributed by atoms with van der Waals surface area (Å²) < 4.78 is 0. The number of aliphatic hydroxyl groups is 1. The van der Waals surface area contributed by atoms with Crippen molar-refractivity contribution in [1.29, 1.82) is 0 Å². The van der Waals surface area contributed by atoms with Crippen LogP contribution in [0.15, 0.2) is 22.8 Å². The molecule has 0 spiro atoms. The van der Waals surface area contributed by atoms with Crippen LogP contribution in [-0.4, -0.2) is 22.6 Å². The van der Waals surface area contributed by atoms with Crippen LogP contribution in [0.5, 0.6) is 0 Å². The van der Waals surface area contributed by atoms with Gasteiger partial charge >= 0.3 is 0 Å². The summed E-state index contributed by atoms with van der Waals surface area (Å²) in [5.41, 5.74) is 4.63. The molecule has 30 heavy (non-hydrogen) atoms.